The van der Waals surface area contributed by atoms with Crippen molar-refractivity contribution in [1.29, 1.82) is 0 Å². The molecule has 0 amide bonds. The Kier molecular flexibility index (Phi) is 7.48. The smallest absolute Gasteiger partial charge is 0.0636 e. The van der Waals surface area contributed by atoms with Crippen LogP contribution < -0.4 is 5.32 Å². The van der Waals surface area contributed by atoms with Crippen molar-refractivity contribution in [2.24, 2.45) is 0 Å². The van der Waals surface area contributed by atoms with Gasteiger partial charge in [0.25, 0.3) is 0 Å². The molecule has 0 bridgehead atoms. The lowest BCUT2D eigenvalue weighted by atomic mass is 10.2. The molecule has 0 fully saturated rings. The van der Waals surface area contributed by atoms with Crippen molar-refractivity contribution in [3.8, 4) is 0 Å². The van der Waals surface area contributed by atoms with Crippen LogP contribution in [0.5, 0.6) is 0 Å². The summed E-state index contributed by atoms with van der Waals surface area (Å²) in [4.78, 5) is 0. The third kappa shape index (κ3) is 4.72. The van der Waals surface area contributed by atoms with E-state index in [4.69, 9.17) is 34.8 Å². The number of halogens is 3. The second-order valence-corrected chi connectivity index (χ2v) is 3.40. The number of hydrogen-bond acceptors (Lipinski definition) is 1. The number of nitrogens with one attached hydrogen (secondary N) is 1. The van der Waals surface area contributed by atoms with Crippen LogP contribution in [0.2, 0.25) is 10.0 Å². The SMILES string of the molecule is CNC.ClCc1cccc(Cl)c1Cl. The maximum absolute atomic E-state index is 5.78. The fourth-order valence-corrected chi connectivity index (χ4v) is 1.33. The summed E-state index contributed by atoms with van der Waals surface area (Å²) in [5.74, 6) is 0.402. The molecule has 1 rings (SSSR count). The third-order valence-corrected chi connectivity index (χ3v) is 2.32. The minimum absolute atomic E-state index is 0.402. The van der Waals surface area contributed by atoms with Crippen molar-refractivity contribution in [3.63, 3.8) is 0 Å². The minimum atomic E-state index is 0.402. The van der Waals surface area contributed by atoms with E-state index in [9.17, 15) is 0 Å². The minimum Gasteiger partial charge on any atom is -0.323 e. The van der Waals surface area contributed by atoms with Gasteiger partial charge >= 0.3 is 0 Å². The topological polar surface area (TPSA) is 12.0 Å². The van der Waals surface area contributed by atoms with Crippen molar-refractivity contribution in [2.45, 2.75) is 5.88 Å². The lowest BCUT2D eigenvalue weighted by Gasteiger charge is -1.99. The molecule has 1 aromatic carbocycles. The van der Waals surface area contributed by atoms with Crippen molar-refractivity contribution in [2.75, 3.05) is 14.1 Å². The van der Waals surface area contributed by atoms with Crippen molar-refractivity contribution in [1.82, 2.24) is 5.32 Å². The van der Waals surface area contributed by atoms with Gasteiger partial charge in [-0.3, -0.25) is 0 Å². The fourth-order valence-electron chi connectivity index (χ4n) is 0.652. The van der Waals surface area contributed by atoms with Crippen LogP contribution in [-0.2, 0) is 5.88 Å². The summed E-state index contributed by atoms with van der Waals surface area (Å²) in [6, 6.07) is 5.41. The molecule has 0 aliphatic carbocycles. The molecule has 0 saturated heterocycles. The Hall–Kier alpha value is 0.0500. The highest BCUT2D eigenvalue weighted by Gasteiger charge is 2.00. The molecular formula is C9H12Cl3N. The van der Waals surface area contributed by atoms with Crippen LogP contribution in [0.3, 0.4) is 0 Å². The predicted molar refractivity (Wildman–Crippen MR) is 61.0 cm³/mol. The molecule has 0 atom stereocenters. The molecule has 13 heavy (non-hydrogen) atoms. The highest BCUT2D eigenvalue weighted by atomic mass is 35.5. The van der Waals surface area contributed by atoms with E-state index >= 15 is 0 Å². The molecule has 0 aliphatic rings. The Morgan fingerprint density at radius 2 is 1.77 bits per heavy atom. The van der Waals surface area contributed by atoms with Crippen LogP contribution in [0.4, 0.5) is 0 Å². The number of benzene rings is 1. The number of alkyl halides is 1. The normalized spacial score (nSPS) is 9.00. The van der Waals surface area contributed by atoms with Crippen molar-refractivity contribution in [3.05, 3.63) is 33.8 Å². The molecule has 0 radical (unpaired) electrons. The summed E-state index contributed by atoms with van der Waals surface area (Å²) in [5.41, 5.74) is 0.871. The lowest BCUT2D eigenvalue weighted by Crippen LogP contribution is -1.89. The Balaban J connectivity index is 0.000000424. The summed E-state index contributed by atoms with van der Waals surface area (Å²) in [7, 11) is 3.75. The summed E-state index contributed by atoms with van der Waals surface area (Å²) in [6.07, 6.45) is 0. The van der Waals surface area contributed by atoms with E-state index in [0.717, 1.165) is 5.56 Å². The molecular weight excluding hydrogens is 228 g/mol. The lowest BCUT2D eigenvalue weighted by molar-refractivity contribution is 1.02. The van der Waals surface area contributed by atoms with Crippen molar-refractivity contribution < 1.29 is 0 Å². The third-order valence-electron chi connectivity index (χ3n) is 1.18. The molecule has 1 nitrogen and oxygen atoms in total. The number of hydrogen-bond donors (Lipinski definition) is 1. The van der Waals surface area contributed by atoms with Crippen LogP contribution in [0.1, 0.15) is 5.56 Å². The van der Waals surface area contributed by atoms with Gasteiger partial charge in [-0.25, -0.2) is 0 Å². The van der Waals surface area contributed by atoms with Gasteiger partial charge in [0.1, 0.15) is 0 Å². The monoisotopic (exact) mass is 239 g/mol. The van der Waals surface area contributed by atoms with E-state index in [2.05, 4.69) is 5.32 Å². The average molecular weight is 241 g/mol. The van der Waals surface area contributed by atoms with Crippen molar-refractivity contribution >= 4 is 34.8 Å². The first-order valence-electron chi connectivity index (χ1n) is 3.74. The van der Waals surface area contributed by atoms with Crippen LogP contribution in [0.15, 0.2) is 18.2 Å². The van der Waals surface area contributed by atoms with E-state index < -0.39 is 0 Å². The molecule has 1 N–H and O–H groups in total. The second-order valence-electron chi connectivity index (χ2n) is 2.35. The highest BCUT2D eigenvalue weighted by Crippen LogP contribution is 2.26. The predicted octanol–water partition coefficient (Wildman–Crippen LogP) is 3.57. The quantitative estimate of drug-likeness (QED) is 0.740. The largest absolute Gasteiger partial charge is 0.323 e. The van der Waals surface area contributed by atoms with Gasteiger partial charge in [0.15, 0.2) is 0 Å². The van der Waals surface area contributed by atoms with Gasteiger partial charge in [-0.15, -0.1) is 11.6 Å². The molecule has 0 saturated carbocycles. The fraction of sp³-hybridized carbons (Fsp3) is 0.333. The molecule has 74 valence electrons. The first-order valence-corrected chi connectivity index (χ1v) is 5.03. The van der Waals surface area contributed by atoms with Gasteiger partial charge in [-0.05, 0) is 25.7 Å². The van der Waals surface area contributed by atoms with Crippen LogP contribution >= 0.6 is 34.8 Å². The first-order chi connectivity index (χ1) is 6.17. The Labute approximate surface area is 94.0 Å². The van der Waals surface area contributed by atoms with Gasteiger partial charge in [0.2, 0.25) is 0 Å². The van der Waals surface area contributed by atoms with Gasteiger partial charge in [0.05, 0.1) is 10.0 Å². The Morgan fingerprint density at radius 3 is 2.15 bits per heavy atom. The van der Waals surface area contributed by atoms with Gasteiger partial charge in [-0.1, -0.05) is 35.3 Å². The molecule has 0 spiro atoms. The molecule has 1 aromatic rings. The second kappa shape index (κ2) is 7.45. The summed E-state index contributed by atoms with van der Waals surface area (Å²) >= 11 is 17.0. The van der Waals surface area contributed by atoms with E-state index in [1.165, 1.54) is 0 Å². The number of rotatable bonds is 1. The molecule has 0 unspecified atom stereocenters. The van der Waals surface area contributed by atoms with Crippen LogP contribution in [0.25, 0.3) is 0 Å². The Morgan fingerprint density at radius 1 is 1.23 bits per heavy atom. The van der Waals surface area contributed by atoms with Gasteiger partial charge in [0, 0.05) is 5.88 Å². The molecule has 4 heteroatoms. The first kappa shape index (κ1) is 13.1. The zero-order valence-electron chi connectivity index (χ0n) is 7.57. The van der Waals surface area contributed by atoms with Crippen LogP contribution in [-0.4, -0.2) is 14.1 Å². The molecule has 0 heterocycles. The summed E-state index contributed by atoms with van der Waals surface area (Å²) < 4.78 is 0. The average Bonchev–Trinajstić information content (AvgIpc) is 2.11. The maximum Gasteiger partial charge on any atom is 0.0636 e. The summed E-state index contributed by atoms with van der Waals surface area (Å²) in [6.45, 7) is 0. The van der Waals surface area contributed by atoms with Crippen LogP contribution in [0, 0.1) is 0 Å². The van der Waals surface area contributed by atoms with E-state index in [1.807, 2.05) is 26.2 Å². The van der Waals surface area contributed by atoms with E-state index in [-0.39, 0.29) is 0 Å². The Bertz CT molecular complexity index is 251. The molecule has 0 aliphatic heterocycles. The van der Waals surface area contributed by atoms with E-state index in [0.29, 0.717) is 15.9 Å². The zero-order chi connectivity index (χ0) is 10.3. The zero-order valence-corrected chi connectivity index (χ0v) is 9.84. The van der Waals surface area contributed by atoms with E-state index in [1.54, 1.807) is 6.07 Å². The maximum atomic E-state index is 5.78. The van der Waals surface area contributed by atoms with Gasteiger partial charge < -0.3 is 5.32 Å². The standard InChI is InChI=1S/C7H5Cl3.C2H7N/c8-4-5-2-1-3-6(9)7(5)10;1-3-2/h1-3H,4H2;3H,1-2H3. The molecule has 0 aromatic heterocycles. The summed E-state index contributed by atoms with van der Waals surface area (Å²) in [5, 5.41) is 3.86. The highest BCUT2D eigenvalue weighted by molar-refractivity contribution is 6.42. The van der Waals surface area contributed by atoms with Gasteiger partial charge in [-0.2, -0.15) is 0 Å².